The lowest BCUT2D eigenvalue weighted by atomic mass is 10.2. The molecule has 0 aliphatic rings. The van der Waals surface area contributed by atoms with Crippen LogP contribution in [-0.2, 0) is 22.5 Å². The maximum absolute atomic E-state index is 13.8. The highest BCUT2D eigenvalue weighted by Gasteiger charge is 2.13. The van der Waals surface area contributed by atoms with Crippen LogP contribution in [0.4, 0.5) is 14.6 Å². The third-order valence-electron chi connectivity index (χ3n) is 4.53. The van der Waals surface area contributed by atoms with Gasteiger partial charge in [0.05, 0.1) is 31.1 Å². The maximum atomic E-state index is 13.8. The Balaban J connectivity index is 1.23. The average molecular weight is 428 g/mol. The van der Waals surface area contributed by atoms with Gasteiger partial charge in [0.1, 0.15) is 23.5 Å². The number of halogens is 2. The largest absolute Gasteiger partial charge is 0.466 e. The highest BCUT2D eigenvalue weighted by molar-refractivity contribution is 5.81. The molecule has 0 aliphatic carbocycles. The van der Waals surface area contributed by atoms with Crippen molar-refractivity contribution in [2.75, 3.05) is 12.3 Å². The molecule has 0 saturated carbocycles. The van der Waals surface area contributed by atoms with Crippen molar-refractivity contribution in [3.63, 3.8) is 0 Å². The number of hydrogen-bond acceptors (Lipinski definition) is 8. The average Bonchev–Trinajstić information content (AvgIpc) is 3.38. The third-order valence-corrected chi connectivity index (χ3v) is 4.53. The number of esters is 1. The molecule has 0 amide bonds. The van der Waals surface area contributed by atoms with Gasteiger partial charge >= 0.3 is 5.97 Å². The number of carbonyl (C=O) groups is 1. The van der Waals surface area contributed by atoms with Crippen molar-refractivity contribution >= 4 is 23.0 Å². The van der Waals surface area contributed by atoms with Crippen LogP contribution in [0, 0.1) is 11.6 Å². The predicted octanol–water partition coefficient (Wildman–Crippen LogP) is 2.91. The Kier molecular flexibility index (Phi) is 5.83. The van der Waals surface area contributed by atoms with Gasteiger partial charge < -0.3 is 19.5 Å². The lowest BCUT2D eigenvalue weighted by Gasteiger charge is -2.05. The second kappa shape index (κ2) is 8.86. The van der Waals surface area contributed by atoms with E-state index in [1.165, 1.54) is 18.6 Å². The van der Waals surface area contributed by atoms with Gasteiger partial charge in [-0.3, -0.25) is 4.79 Å². The number of nitrogens with two attached hydrogens (primary N) is 1. The van der Waals surface area contributed by atoms with Crippen molar-refractivity contribution in [1.29, 1.82) is 0 Å². The molecule has 3 aromatic heterocycles. The molecule has 0 fully saturated rings. The Labute approximate surface area is 174 Å². The Morgan fingerprint density at radius 2 is 2.06 bits per heavy atom. The van der Waals surface area contributed by atoms with Gasteiger partial charge in [-0.15, -0.1) is 0 Å². The fourth-order valence-corrected chi connectivity index (χ4v) is 3.00. The van der Waals surface area contributed by atoms with Crippen molar-refractivity contribution in [3.8, 4) is 11.3 Å². The second-order valence-electron chi connectivity index (χ2n) is 6.69. The molecule has 0 saturated heterocycles. The smallest absolute Gasteiger partial charge is 0.306 e. The molecule has 2 N–H and O–H groups in total. The van der Waals surface area contributed by atoms with Crippen molar-refractivity contribution in [2.24, 2.45) is 0 Å². The Bertz CT molecular complexity index is 1220. The first-order chi connectivity index (χ1) is 15.0. The van der Waals surface area contributed by atoms with Gasteiger partial charge in [-0.2, -0.15) is 0 Å². The summed E-state index contributed by atoms with van der Waals surface area (Å²) in [6, 6.07) is 3.17. The van der Waals surface area contributed by atoms with Crippen LogP contribution in [0.1, 0.15) is 18.7 Å². The van der Waals surface area contributed by atoms with Crippen LogP contribution < -0.4 is 5.73 Å². The fraction of sp³-hybridized carbons (Fsp3) is 0.250. The van der Waals surface area contributed by atoms with Crippen LogP contribution in [-0.4, -0.2) is 37.1 Å². The van der Waals surface area contributed by atoms with E-state index in [1.807, 2.05) is 4.57 Å². The van der Waals surface area contributed by atoms with Gasteiger partial charge in [-0.1, -0.05) is 0 Å². The molecular formula is C20H18F2N6O3. The second-order valence-corrected chi connectivity index (χ2v) is 6.69. The zero-order valence-corrected chi connectivity index (χ0v) is 16.3. The van der Waals surface area contributed by atoms with Crippen LogP contribution in [0.5, 0.6) is 0 Å². The molecule has 3 heterocycles. The number of benzene rings is 1. The van der Waals surface area contributed by atoms with Crippen LogP contribution >= 0.6 is 0 Å². The first kappa shape index (κ1) is 20.4. The molecule has 9 nitrogen and oxygen atoms in total. The van der Waals surface area contributed by atoms with Crippen LogP contribution in [0.3, 0.4) is 0 Å². The van der Waals surface area contributed by atoms with E-state index in [9.17, 15) is 13.6 Å². The van der Waals surface area contributed by atoms with Gasteiger partial charge in [0, 0.05) is 19.0 Å². The first-order valence-electron chi connectivity index (χ1n) is 9.48. The minimum atomic E-state index is -0.748. The molecule has 0 atom stereocenters. The van der Waals surface area contributed by atoms with E-state index in [0.29, 0.717) is 29.9 Å². The molecule has 0 unspecified atom stereocenters. The number of nitrogen functional groups attached to an aromatic ring is 1. The normalized spacial score (nSPS) is 11.2. The Morgan fingerprint density at radius 3 is 2.90 bits per heavy atom. The number of nitrogens with zero attached hydrogens (tertiary/aromatic N) is 5. The molecule has 0 radical (unpaired) electrons. The highest BCUT2D eigenvalue weighted by Crippen LogP contribution is 2.24. The minimum Gasteiger partial charge on any atom is -0.466 e. The van der Waals surface area contributed by atoms with Crippen molar-refractivity contribution in [2.45, 2.75) is 25.8 Å². The van der Waals surface area contributed by atoms with E-state index in [2.05, 4.69) is 19.9 Å². The number of aromatic nitrogens is 5. The number of fused-ring (bicyclic) bond motifs is 1. The summed E-state index contributed by atoms with van der Waals surface area (Å²) in [5, 5.41) is 0. The lowest BCUT2D eigenvalue weighted by Crippen LogP contribution is -2.09. The summed E-state index contributed by atoms with van der Waals surface area (Å²) >= 11 is 0. The molecular weight excluding hydrogens is 410 g/mol. The molecule has 4 aromatic rings. The monoisotopic (exact) mass is 428 g/mol. The SMILES string of the molecule is Nc1ncnc2c1ncn2CCCOC(=O)CCc1ncc(-c2ccc(F)cc2F)o1. The number of anilines is 1. The summed E-state index contributed by atoms with van der Waals surface area (Å²) in [6.45, 7) is 0.767. The zero-order valence-electron chi connectivity index (χ0n) is 16.3. The third kappa shape index (κ3) is 4.65. The first-order valence-corrected chi connectivity index (χ1v) is 9.48. The van der Waals surface area contributed by atoms with Gasteiger partial charge in [0.15, 0.2) is 23.1 Å². The summed E-state index contributed by atoms with van der Waals surface area (Å²) in [7, 11) is 0. The van der Waals surface area contributed by atoms with Gasteiger partial charge in [-0.05, 0) is 18.6 Å². The van der Waals surface area contributed by atoms with Crippen LogP contribution in [0.25, 0.3) is 22.5 Å². The number of oxazole rings is 1. The molecule has 160 valence electrons. The van der Waals surface area contributed by atoms with E-state index in [0.717, 1.165) is 12.1 Å². The van der Waals surface area contributed by atoms with E-state index in [-0.39, 0.29) is 36.7 Å². The fourth-order valence-electron chi connectivity index (χ4n) is 3.00. The van der Waals surface area contributed by atoms with Crippen LogP contribution in [0.2, 0.25) is 0 Å². The Hall–Kier alpha value is -3.89. The lowest BCUT2D eigenvalue weighted by molar-refractivity contribution is -0.143. The number of carbonyl (C=O) groups excluding carboxylic acids is 1. The van der Waals surface area contributed by atoms with Gasteiger partial charge in [0.25, 0.3) is 0 Å². The van der Waals surface area contributed by atoms with Crippen molar-refractivity contribution in [1.82, 2.24) is 24.5 Å². The molecule has 0 spiro atoms. The summed E-state index contributed by atoms with van der Waals surface area (Å²) < 4.78 is 39.3. The van der Waals surface area contributed by atoms with Gasteiger partial charge in [-0.25, -0.2) is 28.7 Å². The highest BCUT2D eigenvalue weighted by atomic mass is 19.1. The van der Waals surface area contributed by atoms with Gasteiger partial charge in [0.2, 0.25) is 0 Å². The number of ether oxygens (including phenoxy) is 1. The quantitative estimate of drug-likeness (QED) is 0.336. The van der Waals surface area contributed by atoms with Crippen molar-refractivity contribution < 1.29 is 22.7 Å². The number of aryl methyl sites for hydroxylation is 2. The summed E-state index contributed by atoms with van der Waals surface area (Å²) in [6.07, 6.45) is 5.14. The molecule has 1 aromatic carbocycles. The summed E-state index contributed by atoms with van der Waals surface area (Å²) in [5.41, 5.74) is 7.00. The topological polar surface area (TPSA) is 122 Å². The van der Waals surface area contributed by atoms with E-state index in [1.54, 1.807) is 6.33 Å². The number of imidazole rings is 1. The summed E-state index contributed by atoms with van der Waals surface area (Å²) in [5.74, 6) is -1.10. The minimum absolute atomic E-state index is 0.0591. The van der Waals surface area contributed by atoms with E-state index in [4.69, 9.17) is 14.9 Å². The zero-order chi connectivity index (χ0) is 21.8. The predicted molar refractivity (Wildman–Crippen MR) is 105 cm³/mol. The molecule has 11 heteroatoms. The summed E-state index contributed by atoms with van der Waals surface area (Å²) in [4.78, 5) is 28.2. The number of rotatable bonds is 8. The maximum Gasteiger partial charge on any atom is 0.306 e. The van der Waals surface area contributed by atoms with Crippen molar-refractivity contribution in [3.05, 3.63) is 54.6 Å². The van der Waals surface area contributed by atoms with Crippen LogP contribution in [0.15, 0.2) is 41.5 Å². The number of hydrogen-bond donors (Lipinski definition) is 1. The Morgan fingerprint density at radius 1 is 1.19 bits per heavy atom. The molecule has 0 bridgehead atoms. The molecule has 0 aliphatic heterocycles. The van der Waals surface area contributed by atoms with E-state index >= 15 is 0 Å². The molecule has 31 heavy (non-hydrogen) atoms. The van der Waals surface area contributed by atoms with E-state index < -0.39 is 17.6 Å². The molecule has 4 rings (SSSR count). The standard InChI is InChI=1S/C20H18F2N6O3/c21-12-2-3-13(14(22)8-12)15-9-24-16(31-15)4-5-17(29)30-7-1-6-28-11-27-18-19(23)25-10-26-20(18)28/h2-3,8-11H,1,4-7H2,(H2,23,25,26).